The van der Waals surface area contributed by atoms with E-state index in [1.54, 1.807) is 12.4 Å². The predicted molar refractivity (Wildman–Crippen MR) is 94.7 cm³/mol. The average Bonchev–Trinajstić information content (AvgIpc) is 3.12. The summed E-state index contributed by atoms with van der Waals surface area (Å²) in [4.78, 5) is 28.6. The molecule has 4 rings (SSSR count). The van der Waals surface area contributed by atoms with Crippen LogP contribution in [0.25, 0.3) is 0 Å². The molecule has 3 aromatic rings. The SMILES string of the molecule is N#Cc1ncc(C(=O)Nc2ccc3c(c2)C(c2ccncc2)=NC3)cn1. The molecule has 2 aromatic heterocycles. The largest absolute Gasteiger partial charge is 0.322 e. The minimum atomic E-state index is -0.338. The van der Waals surface area contributed by atoms with Crippen LogP contribution in [0.5, 0.6) is 0 Å². The molecule has 0 saturated carbocycles. The third-order valence-electron chi connectivity index (χ3n) is 4.00. The first-order valence-corrected chi connectivity index (χ1v) is 7.86. The van der Waals surface area contributed by atoms with Crippen molar-refractivity contribution >= 4 is 17.3 Å². The van der Waals surface area contributed by atoms with Gasteiger partial charge in [-0.15, -0.1) is 0 Å². The number of hydrogen-bond donors (Lipinski definition) is 1. The summed E-state index contributed by atoms with van der Waals surface area (Å²) in [6.45, 7) is 0.616. The molecule has 1 aliphatic heterocycles. The average molecular weight is 340 g/mol. The van der Waals surface area contributed by atoms with Crippen molar-refractivity contribution in [2.45, 2.75) is 6.54 Å². The van der Waals surface area contributed by atoms with Crippen LogP contribution in [0.4, 0.5) is 5.69 Å². The maximum atomic E-state index is 12.4. The van der Waals surface area contributed by atoms with E-state index in [1.165, 1.54) is 12.4 Å². The molecular formula is C19H12N6O. The number of amides is 1. The topological polar surface area (TPSA) is 104 Å². The van der Waals surface area contributed by atoms with Crippen LogP contribution in [0.2, 0.25) is 0 Å². The molecule has 7 heteroatoms. The molecule has 0 atom stereocenters. The van der Waals surface area contributed by atoms with Crippen molar-refractivity contribution in [3.05, 3.63) is 83.2 Å². The van der Waals surface area contributed by atoms with Crippen LogP contribution < -0.4 is 5.32 Å². The van der Waals surface area contributed by atoms with Gasteiger partial charge in [0, 0.05) is 41.6 Å². The lowest BCUT2D eigenvalue weighted by Gasteiger charge is -2.09. The number of rotatable bonds is 3. The molecule has 0 bridgehead atoms. The van der Waals surface area contributed by atoms with Crippen molar-refractivity contribution in [1.29, 1.82) is 5.26 Å². The summed E-state index contributed by atoms with van der Waals surface area (Å²) in [5, 5.41) is 11.5. The van der Waals surface area contributed by atoms with Gasteiger partial charge in [0.25, 0.3) is 5.91 Å². The monoisotopic (exact) mass is 340 g/mol. The zero-order chi connectivity index (χ0) is 17.9. The van der Waals surface area contributed by atoms with Crippen molar-refractivity contribution in [3.8, 4) is 6.07 Å². The number of anilines is 1. The number of carbonyl (C=O) groups is 1. The van der Waals surface area contributed by atoms with E-state index in [2.05, 4.69) is 25.3 Å². The van der Waals surface area contributed by atoms with Crippen LogP contribution in [0.1, 0.15) is 32.9 Å². The van der Waals surface area contributed by atoms with Gasteiger partial charge in [-0.1, -0.05) is 6.07 Å². The Morgan fingerprint density at radius 3 is 2.62 bits per heavy atom. The second kappa shape index (κ2) is 6.53. The molecule has 1 aromatic carbocycles. The Labute approximate surface area is 149 Å². The van der Waals surface area contributed by atoms with Crippen LogP contribution in [-0.4, -0.2) is 26.6 Å². The van der Waals surface area contributed by atoms with Gasteiger partial charge in [0.15, 0.2) is 0 Å². The molecule has 0 saturated heterocycles. The fourth-order valence-corrected chi connectivity index (χ4v) is 2.72. The number of nitrogens with one attached hydrogen (secondary N) is 1. The fourth-order valence-electron chi connectivity index (χ4n) is 2.72. The van der Waals surface area contributed by atoms with Gasteiger partial charge in [-0.2, -0.15) is 5.26 Å². The van der Waals surface area contributed by atoms with Gasteiger partial charge in [-0.3, -0.25) is 14.8 Å². The molecule has 0 radical (unpaired) electrons. The van der Waals surface area contributed by atoms with E-state index in [4.69, 9.17) is 5.26 Å². The fraction of sp³-hybridized carbons (Fsp3) is 0.0526. The van der Waals surface area contributed by atoms with E-state index in [1.807, 2.05) is 36.4 Å². The zero-order valence-corrected chi connectivity index (χ0v) is 13.5. The summed E-state index contributed by atoms with van der Waals surface area (Å²) < 4.78 is 0. The van der Waals surface area contributed by atoms with E-state index < -0.39 is 0 Å². The highest BCUT2D eigenvalue weighted by Gasteiger charge is 2.18. The summed E-state index contributed by atoms with van der Waals surface area (Å²) in [6.07, 6.45) is 6.12. The Morgan fingerprint density at radius 2 is 1.88 bits per heavy atom. The number of nitrogens with zero attached hydrogens (tertiary/aromatic N) is 5. The molecule has 26 heavy (non-hydrogen) atoms. The van der Waals surface area contributed by atoms with E-state index >= 15 is 0 Å². The summed E-state index contributed by atoms with van der Waals surface area (Å²) >= 11 is 0. The van der Waals surface area contributed by atoms with Crippen LogP contribution in [-0.2, 0) is 6.54 Å². The first-order chi connectivity index (χ1) is 12.7. The number of fused-ring (bicyclic) bond motifs is 1. The quantitative estimate of drug-likeness (QED) is 0.788. The number of carbonyl (C=O) groups excluding carboxylic acids is 1. The second-order valence-corrected chi connectivity index (χ2v) is 5.63. The number of aliphatic imine (C=N–C) groups is 1. The standard InChI is InChI=1S/C19H12N6O/c20-8-17-22-10-14(11-23-17)19(26)25-15-2-1-13-9-24-18(16(13)7-15)12-3-5-21-6-4-12/h1-7,10-11H,9H2,(H,25,26). The zero-order valence-electron chi connectivity index (χ0n) is 13.5. The summed E-state index contributed by atoms with van der Waals surface area (Å²) in [6, 6.07) is 11.3. The Kier molecular flexibility index (Phi) is 3.92. The molecule has 3 heterocycles. The lowest BCUT2D eigenvalue weighted by atomic mass is 10.0. The third kappa shape index (κ3) is 2.91. The van der Waals surface area contributed by atoms with Crippen LogP contribution in [0.3, 0.4) is 0 Å². The smallest absolute Gasteiger partial charge is 0.258 e. The lowest BCUT2D eigenvalue weighted by Crippen LogP contribution is -2.13. The van der Waals surface area contributed by atoms with Gasteiger partial charge in [-0.05, 0) is 29.8 Å². The molecule has 124 valence electrons. The van der Waals surface area contributed by atoms with E-state index in [-0.39, 0.29) is 17.3 Å². The molecule has 1 N–H and O–H groups in total. The van der Waals surface area contributed by atoms with Gasteiger partial charge in [0.2, 0.25) is 5.82 Å². The molecule has 1 aliphatic rings. The Morgan fingerprint density at radius 1 is 1.12 bits per heavy atom. The van der Waals surface area contributed by atoms with E-state index in [9.17, 15) is 4.79 Å². The number of hydrogen-bond acceptors (Lipinski definition) is 6. The molecule has 0 fully saturated rings. The normalized spacial score (nSPS) is 12.0. The van der Waals surface area contributed by atoms with Gasteiger partial charge < -0.3 is 5.32 Å². The second-order valence-electron chi connectivity index (χ2n) is 5.63. The number of pyridine rings is 1. The minimum Gasteiger partial charge on any atom is -0.322 e. The minimum absolute atomic E-state index is 0.0253. The summed E-state index contributed by atoms with van der Waals surface area (Å²) in [7, 11) is 0. The highest BCUT2D eigenvalue weighted by molar-refractivity contribution is 6.16. The molecule has 0 aliphatic carbocycles. The first kappa shape index (κ1) is 15.6. The predicted octanol–water partition coefficient (Wildman–Crippen LogP) is 2.35. The maximum Gasteiger partial charge on any atom is 0.258 e. The van der Waals surface area contributed by atoms with Crippen LogP contribution in [0.15, 0.2) is 60.1 Å². The Hall–Kier alpha value is -3.92. The van der Waals surface area contributed by atoms with Crippen molar-refractivity contribution < 1.29 is 4.79 Å². The highest BCUT2D eigenvalue weighted by atomic mass is 16.1. The van der Waals surface area contributed by atoms with Gasteiger partial charge in [0.1, 0.15) is 6.07 Å². The lowest BCUT2D eigenvalue weighted by molar-refractivity contribution is 0.102. The van der Waals surface area contributed by atoms with E-state index in [0.717, 1.165) is 22.4 Å². The van der Waals surface area contributed by atoms with Crippen molar-refractivity contribution in [1.82, 2.24) is 15.0 Å². The van der Waals surface area contributed by atoms with Crippen molar-refractivity contribution in [2.75, 3.05) is 5.32 Å². The molecule has 7 nitrogen and oxygen atoms in total. The van der Waals surface area contributed by atoms with Gasteiger partial charge >= 0.3 is 0 Å². The first-order valence-electron chi connectivity index (χ1n) is 7.86. The summed E-state index contributed by atoms with van der Waals surface area (Å²) in [5.41, 5.74) is 4.92. The number of benzene rings is 1. The molecular weight excluding hydrogens is 328 g/mol. The number of nitriles is 1. The van der Waals surface area contributed by atoms with Crippen molar-refractivity contribution in [2.24, 2.45) is 4.99 Å². The van der Waals surface area contributed by atoms with Crippen LogP contribution in [0, 0.1) is 11.3 Å². The summed E-state index contributed by atoms with van der Waals surface area (Å²) in [5.74, 6) is -0.313. The molecule has 1 amide bonds. The maximum absolute atomic E-state index is 12.4. The number of aromatic nitrogens is 3. The highest BCUT2D eigenvalue weighted by Crippen LogP contribution is 2.26. The van der Waals surface area contributed by atoms with E-state index in [0.29, 0.717) is 12.2 Å². The third-order valence-corrected chi connectivity index (χ3v) is 4.00. The van der Waals surface area contributed by atoms with Gasteiger partial charge in [0.05, 0.1) is 17.8 Å². The molecule has 0 unspecified atom stereocenters. The Balaban J connectivity index is 1.59. The van der Waals surface area contributed by atoms with Crippen molar-refractivity contribution in [3.63, 3.8) is 0 Å². The van der Waals surface area contributed by atoms with Crippen LogP contribution >= 0.6 is 0 Å². The Bertz CT molecular complexity index is 1050. The molecule has 0 spiro atoms. The van der Waals surface area contributed by atoms with Gasteiger partial charge in [-0.25, -0.2) is 9.97 Å².